The third kappa shape index (κ3) is 5.21. The third-order valence-corrected chi connectivity index (χ3v) is 5.28. The molecule has 10 nitrogen and oxygen atoms in total. The number of aryl methyl sites for hydroxylation is 1. The predicted molar refractivity (Wildman–Crippen MR) is 114 cm³/mol. The quantitative estimate of drug-likeness (QED) is 0.651. The van der Waals surface area contributed by atoms with Gasteiger partial charge in [0.1, 0.15) is 35.2 Å². The van der Waals surface area contributed by atoms with Crippen molar-refractivity contribution >= 4 is 11.6 Å². The first-order valence-electron chi connectivity index (χ1n) is 10.4. The molecule has 4 rings (SSSR count). The number of rotatable bonds is 7. The van der Waals surface area contributed by atoms with E-state index in [1.165, 1.54) is 0 Å². The second-order valence-electron chi connectivity index (χ2n) is 7.61. The molecular weight excluding hydrogens is 416 g/mol. The van der Waals surface area contributed by atoms with E-state index >= 15 is 0 Å². The molecule has 3 heterocycles. The lowest BCUT2D eigenvalue weighted by molar-refractivity contribution is -0.178. The van der Waals surface area contributed by atoms with Crippen LogP contribution in [0.15, 0.2) is 35.5 Å². The van der Waals surface area contributed by atoms with Gasteiger partial charge < -0.3 is 29.5 Å². The van der Waals surface area contributed by atoms with E-state index < -0.39 is 0 Å². The molecule has 2 aromatic rings. The average molecular weight is 442 g/mol. The van der Waals surface area contributed by atoms with Crippen LogP contribution in [0.5, 0.6) is 5.75 Å². The molecule has 1 amide bonds. The van der Waals surface area contributed by atoms with Crippen molar-refractivity contribution in [1.82, 2.24) is 15.3 Å². The minimum Gasteiger partial charge on any atom is -0.497 e. The van der Waals surface area contributed by atoms with Gasteiger partial charge in [-0.3, -0.25) is 4.79 Å². The molecule has 1 saturated heterocycles. The highest BCUT2D eigenvalue weighted by molar-refractivity contribution is 6.02. The fourth-order valence-corrected chi connectivity index (χ4v) is 3.47. The van der Waals surface area contributed by atoms with Gasteiger partial charge in [0.2, 0.25) is 0 Å². The molecule has 0 radical (unpaired) electrons. The maximum atomic E-state index is 12.7. The van der Waals surface area contributed by atoms with E-state index in [0.29, 0.717) is 43.4 Å². The summed E-state index contributed by atoms with van der Waals surface area (Å²) in [6.07, 6.45) is -0.431. The topological polar surface area (TPSA) is 124 Å². The summed E-state index contributed by atoms with van der Waals surface area (Å²) in [4.78, 5) is 26.9. The maximum absolute atomic E-state index is 12.7. The van der Waals surface area contributed by atoms with Crippen LogP contribution in [0.4, 0.5) is 0 Å². The van der Waals surface area contributed by atoms with Crippen LogP contribution < -0.4 is 10.1 Å². The monoisotopic (exact) mass is 442 g/mol. The van der Waals surface area contributed by atoms with Crippen molar-refractivity contribution in [3.63, 3.8) is 0 Å². The molecule has 1 fully saturated rings. The Kier molecular flexibility index (Phi) is 6.93. The highest BCUT2D eigenvalue weighted by Crippen LogP contribution is 2.23. The van der Waals surface area contributed by atoms with Crippen molar-refractivity contribution in [1.29, 1.82) is 0 Å². The molecule has 1 aromatic heterocycles. The van der Waals surface area contributed by atoms with Crippen molar-refractivity contribution in [3.8, 4) is 5.75 Å². The van der Waals surface area contributed by atoms with Gasteiger partial charge in [-0.05, 0) is 30.7 Å². The molecule has 0 saturated carbocycles. The zero-order chi connectivity index (χ0) is 22.5. The normalized spacial score (nSPS) is 22.7. The van der Waals surface area contributed by atoms with Gasteiger partial charge in [0.25, 0.3) is 5.91 Å². The van der Waals surface area contributed by atoms with Gasteiger partial charge in [0.15, 0.2) is 6.10 Å². The Balaban J connectivity index is 1.37. The van der Waals surface area contributed by atoms with Crippen LogP contribution in [0.25, 0.3) is 0 Å². The summed E-state index contributed by atoms with van der Waals surface area (Å²) in [6, 6.07) is 9.07. The Morgan fingerprint density at radius 2 is 2.00 bits per heavy atom. The molecule has 2 aliphatic rings. The number of aliphatic hydroxyl groups is 1. The third-order valence-electron chi connectivity index (χ3n) is 5.28. The standard InChI is InChI=1S/C22H26N4O6/c1-13-24-17(18-8-20(32-26-18)21-12-30-16(10-27)11-31-21)7-19(25-13)22(28)23-9-14-3-5-15(29-2)6-4-14/h3-7,16,20-21,27H,8-12H2,1-2H3,(H,23,28). The highest BCUT2D eigenvalue weighted by atomic mass is 16.7. The number of aliphatic hydroxyl groups excluding tert-OH is 1. The van der Waals surface area contributed by atoms with Crippen molar-refractivity contribution < 1.29 is 28.9 Å². The predicted octanol–water partition coefficient (Wildman–Crippen LogP) is 0.993. The number of hydrogen-bond donors (Lipinski definition) is 2. The van der Waals surface area contributed by atoms with Crippen LogP contribution in [0.2, 0.25) is 0 Å². The molecule has 32 heavy (non-hydrogen) atoms. The fourth-order valence-electron chi connectivity index (χ4n) is 3.47. The van der Waals surface area contributed by atoms with Gasteiger partial charge in [-0.1, -0.05) is 17.3 Å². The van der Waals surface area contributed by atoms with Crippen molar-refractivity contribution in [2.45, 2.75) is 38.2 Å². The summed E-state index contributed by atoms with van der Waals surface area (Å²) in [5, 5.41) is 16.2. The van der Waals surface area contributed by atoms with E-state index in [9.17, 15) is 4.79 Å². The van der Waals surface area contributed by atoms with Gasteiger partial charge in [0, 0.05) is 13.0 Å². The number of methoxy groups -OCH3 is 1. The van der Waals surface area contributed by atoms with Crippen LogP contribution in [-0.2, 0) is 20.9 Å². The molecule has 0 bridgehead atoms. The number of oxime groups is 1. The molecule has 2 aliphatic heterocycles. The molecule has 0 spiro atoms. The molecular formula is C22H26N4O6. The molecule has 3 unspecified atom stereocenters. The Labute approximate surface area is 185 Å². The van der Waals surface area contributed by atoms with Gasteiger partial charge >= 0.3 is 0 Å². The molecule has 0 aliphatic carbocycles. The van der Waals surface area contributed by atoms with Gasteiger partial charge in [-0.2, -0.15) is 0 Å². The molecule has 10 heteroatoms. The van der Waals surface area contributed by atoms with Crippen LogP contribution >= 0.6 is 0 Å². The number of amides is 1. The smallest absolute Gasteiger partial charge is 0.270 e. The number of carbonyl (C=O) groups is 1. The first kappa shape index (κ1) is 22.1. The Morgan fingerprint density at radius 3 is 2.69 bits per heavy atom. The van der Waals surface area contributed by atoms with Crippen LogP contribution in [-0.4, -0.2) is 71.9 Å². The largest absolute Gasteiger partial charge is 0.497 e. The van der Waals surface area contributed by atoms with E-state index in [4.69, 9.17) is 24.2 Å². The second-order valence-corrected chi connectivity index (χ2v) is 7.61. The van der Waals surface area contributed by atoms with E-state index in [2.05, 4.69) is 20.4 Å². The number of nitrogens with one attached hydrogen (secondary N) is 1. The number of nitrogens with zero attached hydrogens (tertiary/aromatic N) is 3. The first-order valence-corrected chi connectivity index (χ1v) is 10.4. The van der Waals surface area contributed by atoms with Gasteiger partial charge in [-0.25, -0.2) is 9.97 Å². The molecule has 1 aromatic carbocycles. The number of aromatic nitrogens is 2. The molecule has 3 atom stereocenters. The van der Waals surface area contributed by atoms with Crippen molar-refractivity contribution in [2.75, 3.05) is 26.9 Å². The Bertz CT molecular complexity index is 973. The van der Waals surface area contributed by atoms with Crippen molar-refractivity contribution in [3.05, 3.63) is 53.1 Å². The number of benzene rings is 1. The lowest BCUT2D eigenvalue weighted by Gasteiger charge is -2.30. The number of ether oxygens (including phenoxy) is 3. The Hall–Kier alpha value is -3.08. The molecule has 2 N–H and O–H groups in total. The minimum absolute atomic E-state index is 0.0798. The maximum Gasteiger partial charge on any atom is 0.270 e. The van der Waals surface area contributed by atoms with Gasteiger partial charge in [-0.15, -0.1) is 0 Å². The SMILES string of the molecule is COc1ccc(CNC(=O)c2cc(C3=NOC(C4COC(CO)CO4)C3)nc(C)n2)cc1. The van der Waals surface area contributed by atoms with E-state index in [-0.39, 0.29) is 36.5 Å². The van der Waals surface area contributed by atoms with E-state index in [1.807, 2.05) is 24.3 Å². The number of carbonyl (C=O) groups excluding carboxylic acids is 1. The van der Waals surface area contributed by atoms with Gasteiger partial charge in [0.05, 0.1) is 32.6 Å². The zero-order valence-electron chi connectivity index (χ0n) is 18.0. The first-order chi connectivity index (χ1) is 15.6. The van der Waals surface area contributed by atoms with Crippen LogP contribution in [0.3, 0.4) is 0 Å². The summed E-state index contributed by atoms with van der Waals surface area (Å²) in [5.41, 5.74) is 2.37. The Morgan fingerprint density at radius 1 is 1.19 bits per heavy atom. The zero-order valence-corrected chi connectivity index (χ0v) is 18.0. The fraction of sp³-hybridized carbons (Fsp3) is 0.455. The summed E-state index contributed by atoms with van der Waals surface area (Å²) < 4.78 is 16.4. The van der Waals surface area contributed by atoms with Crippen molar-refractivity contribution in [2.24, 2.45) is 5.16 Å². The van der Waals surface area contributed by atoms with Crippen LogP contribution in [0.1, 0.15) is 34.0 Å². The lowest BCUT2D eigenvalue weighted by Crippen LogP contribution is -2.43. The average Bonchev–Trinajstić information content (AvgIpc) is 3.33. The highest BCUT2D eigenvalue weighted by Gasteiger charge is 2.35. The van der Waals surface area contributed by atoms with E-state index in [1.54, 1.807) is 20.1 Å². The van der Waals surface area contributed by atoms with Crippen LogP contribution in [0, 0.1) is 6.92 Å². The minimum atomic E-state index is -0.313. The summed E-state index contributed by atoms with van der Waals surface area (Å²) >= 11 is 0. The summed E-state index contributed by atoms with van der Waals surface area (Å²) in [6.45, 7) is 2.64. The molecule has 170 valence electrons. The summed E-state index contributed by atoms with van der Waals surface area (Å²) in [7, 11) is 1.61. The lowest BCUT2D eigenvalue weighted by atomic mass is 10.0. The summed E-state index contributed by atoms with van der Waals surface area (Å²) in [5.74, 6) is 0.918. The van der Waals surface area contributed by atoms with E-state index in [0.717, 1.165) is 11.3 Å². The number of hydrogen-bond acceptors (Lipinski definition) is 9. The second kappa shape index (κ2) is 10.0.